The third-order valence-electron chi connectivity index (χ3n) is 3.34. The Hall–Kier alpha value is -2.43. The molecule has 0 spiro atoms. The molecule has 0 aliphatic carbocycles. The summed E-state index contributed by atoms with van der Waals surface area (Å²) < 4.78 is 41.2. The van der Waals surface area contributed by atoms with Gasteiger partial charge in [0, 0.05) is 9.13 Å². The summed E-state index contributed by atoms with van der Waals surface area (Å²) in [6.07, 6.45) is -1.94. The minimum absolute atomic E-state index is 0.0103. The molecule has 128 valence electrons. The highest BCUT2D eigenvalue weighted by molar-refractivity contribution is 14.1. The SMILES string of the molecule is O=C(Nc1cc(C(F)(F)F)ccc1-n1cncn1)c1ccc(I)cc1. The van der Waals surface area contributed by atoms with Crippen LogP contribution in [0, 0.1) is 3.57 Å². The van der Waals surface area contributed by atoms with E-state index in [0.717, 1.165) is 15.7 Å². The zero-order valence-corrected chi connectivity index (χ0v) is 14.6. The van der Waals surface area contributed by atoms with E-state index in [2.05, 4.69) is 38.0 Å². The van der Waals surface area contributed by atoms with Gasteiger partial charge in [0.1, 0.15) is 12.7 Å². The molecule has 1 N–H and O–H groups in total. The Bertz CT molecular complexity index is 893. The van der Waals surface area contributed by atoms with Crippen LogP contribution < -0.4 is 5.32 Å². The molecule has 1 heterocycles. The van der Waals surface area contributed by atoms with Gasteiger partial charge in [-0.3, -0.25) is 4.79 Å². The van der Waals surface area contributed by atoms with Crippen molar-refractivity contribution in [3.05, 3.63) is 69.8 Å². The van der Waals surface area contributed by atoms with Gasteiger partial charge in [0.25, 0.3) is 5.91 Å². The molecule has 0 fully saturated rings. The lowest BCUT2D eigenvalue weighted by molar-refractivity contribution is -0.137. The van der Waals surface area contributed by atoms with E-state index in [1.54, 1.807) is 24.3 Å². The molecule has 0 aliphatic heterocycles. The first-order valence-corrected chi connectivity index (χ1v) is 8.05. The average molecular weight is 458 g/mol. The monoisotopic (exact) mass is 458 g/mol. The van der Waals surface area contributed by atoms with E-state index in [1.807, 2.05) is 0 Å². The van der Waals surface area contributed by atoms with Gasteiger partial charge in [0.2, 0.25) is 0 Å². The summed E-state index contributed by atoms with van der Waals surface area (Å²) in [5.41, 5.74) is -0.259. The molecule has 0 bridgehead atoms. The van der Waals surface area contributed by atoms with Gasteiger partial charge in [0.05, 0.1) is 16.9 Å². The summed E-state index contributed by atoms with van der Waals surface area (Å²) in [7, 11) is 0. The number of alkyl halides is 3. The van der Waals surface area contributed by atoms with Gasteiger partial charge in [-0.25, -0.2) is 9.67 Å². The molecule has 9 heteroatoms. The molecule has 2 aromatic carbocycles. The number of hydrogen-bond acceptors (Lipinski definition) is 3. The van der Waals surface area contributed by atoms with Crippen molar-refractivity contribution in [1.29, 1.82) is 0 Å². The van der Waals surface area contributed by atoms with Crippen molar-refractivity contribution in [2.24, 2.45) is 0 Å². The van der Waals surface area contributed by atoms with Crippen LogP contribution in [0.1, 0.15) is 15.9 Å². The van der Waals surface area contributed by atoms with Crippen LogP contribution >= 0.6 is 22.6 Å². The van der Waals surface area contributed by atoms with Gasteiger partial charge in [0.15, 0.2) is 0 Å². The van der Waals surface area contributed by atoms with Crippen LogP contribution in [0.5, 0.6) is 0 Å². The Morgan fingerprint density at radius 3 is 2.44 bits per heavy atom. The standard InChI is InChI=1S/C16H10F3IN4O/c17-16(18,19)11-3-6-14(24-9-21-8-22-24)13(7-11)23-15(25)10-1-4-12(20)5-2-10/h1-9H,(H,23,25). The number of carbonyl (C=O) groups is 1. The molecule has 0 saturated heterocycles. The molecule has 0 saturated carbocycles. The smallest absolute Gasteiger partial charge is 0.320 e. The van der Waals surface area contributed by atoms with E-state index in [1.165, 1.54) is 23.4 Å². The van der Waals surface area contributed by atoms with Gasteiger partial charge >= 0.3 is 6.18 Å². The minimum Gasteiger partial charge on any atom is -0.320 e. The van der Waals surface area contributed by atoms with E-state index in [9.17, 15) is 18.0 Å². The maximum atomic E-state index is 13.0. The van der Waals surface area contributed by atoms with Crippen LogP contribution in [-0.4, -0.2) is 20.7 Å². The van der Waals surface area contributed by atoms with Crippen molar-refractivity contribution >= 4 is 34.2 Å². The van der Waals surface area contributed by atoms with E-state index in [0.29, 0.717) is 5.56 Å². The molecule has 0 aliphatic rings. The van der Waals surface area contributed by atoms with Crippen molar-refractivity contribution < 1.29 is 18.0 Å². The number of rotatable bonds is 3. The van der Waals surface area contributed by atoms with Crippen LogP contribution in [0.15, 0.2) is 55.1 Å². The second-order valence-electron chi connectivity index (χ2n) is 5.03. The molecule has 3 rings (SSSR count). The number of benzene rings is 2. The van der Waals surface area contributed by atoms with Gasteiger partial charge in [-0.1, -0.05) is 0 Å². The first kappa shape index (κ1) is 17.4. The van der Waals surface area contributed by atoms with Crippen molar-refractivity contribution in [3.8, 4) is 5.69 Å². The minimum atomic E-state index is -4.52. The topological polar surface area (TPSA) is 59.8 Å². The Kier molecular flexibility index (Phi) is 4.75. The Morgan fingerprint density at radius 1 is 1.12 bits per heavy atom. The molecule has 25 heavy (non-hydrogen) atoms. The number of hydrogen-bond donors (Lipinski definition) is 1. The summed E-state index contributed by atoms with van der Waals surface area (Å²) >= 11 is 2.09. The van der Waals surface area contributed by atoms with Gasteiger partial charge in [-0.05, 0) is 65.1 Å². The molecule has 0 radical (unpaired) electrons. The maximum Gasteiger partial charge on any atom is 0.416 e. The van der Waals surface area contributed by atoms with Crippen molar-refractivity contribution in [1.82, 2.24) is 14.8 Å². The fourth-order valence-corrected chi connectivity index (χ4v) is 2.50. The van der Waals surface area contributed by atoms with Crippen LogP contribution in [0.25, 0.3) is 5.69 Å². The van der Waals surface area contributed by atoms with Gasteiger partial charge in [-0.2, -0.15) is 18.3 Å². The first-order valence-electron chi connectivity index (χ1n) is 6.98. The summed E-state index contributed by atoms with van der Waals surface area (Å²) in [6, 6.07) is 9.71. The second kappa shape index (κ2) is 6.82. The quantitative estimate of drug-likeness (QED) is 0.601. The fourth-order valence-electron chi connectivity index (χ4n) is 2.14. The first-order chi connectivity index (χ1) is 11.8. The zero-order valence-electron chi connectivity index (χ0n) is 12.5. The molecule has 5 nitrogen and oxygen atoms in total. The Labute approximate surface area is 154 Å². The van der Waals surface area contributed by atoms with Crippen LogP contribution in [0.4, 0.5) is 18.9 Å². The van der Waals surface area contributed by atoms with Gasteiger partial charge < -0.3 is 5.32 Å². The van der Waals surface area contributed by atoms with Crippen LogP contribution in [0.2, 0.25) is 0 Å². The lowest BCUT2D eigenvalue weighted by atomic mass is 10.1. The molecule has 1 amide bonds. The highest BCUT2D eigenvalue weighted by atomic mass is 127. The molecule has 0 unspecified atom stereocenters. The normalized spacial score (nSPS) is 11.4. The second-order valence-corrected chi connectivity index (χ2v) is 6.28. The lowest BCUT2D eigenvalue weighted by Crippen LogP contribution is -2.15. The number of aromatic nitrogens is 3. The van der Waals surface area contributed by atoms with E-state index in [-0.39, 0.29) is 11.4 Å². The van der Waals surface area contributed by atoms with Crippen LogP contribution in [-0.2, 0) is 6.18 Å². The number of halogens is 4. The molecule has 1 aromatic heterocycles. The maximum absolute atomic E-state index is 13.0. The fraction of sp³-hybridized carbons (Fsp3) is 0.0625. The number of carbonyl (C=O) groups excluding carboxylic acids is 1. The van der Waals surface area contributed by atoms with Crippen molar-refractivity contribution in [3.63, 3.8) is 0 Å². The molecule has 3 aromatic rings. The summed E-state index contributed by atoms with van der Waals surface area (Å²) in [5.74, 6) is -0.517. The number of nitrogens with one attached hydrogen (secondary N) is 1. The third kappa shape index (κ3) is 3.98. The number of amides is 1. The Balaban J connectivity index is 2.00. The average Bonchev–Trinajstić information content (AvgIpc) is 3.08. The van der Waals surface area contributed by atoms with Gasteiger partial charge in [-0.15, -0.1) is 0 Å². The lowest BCUT2D eigenvalue weighted by Gasteiger charge is -2.14. The molecular weight excluding hydrogens is 448 g/mol. The van der Waals surface area contributed by atoms with E-state index >= 15 is 0 Å². The molecular formula is C16H10F3IN4O. The summed E-state index contributed by atoms with van der Waals surface area (Å²) in [4.78, 5) is 16.1. The summed E-state index contributed by atoms with van der Waals surface area (Å²) in [5, 5.41) is 6.42. The zero-order chi connectivity index (χ0) is 18.0. The predicted octanol–water partition coefficient (Wildman–Crippen LogP) is 4.14. The highest BCUT2D eigenvalue weighted by Gasteiger charge is 2.31. The Morgan fingerprint density at radius 2 is 1.84 bits per heavy atom. The molecule has 0 atom stereocenters. The number of nitrogens with zero attached hydrogens (tertiary/aromatic N) is 3. The summed E-state index contributed by atoms with van der Waals surface area (Å²) in [6.45, 7) is 0. The van der Waals surface area contributed by atoms with Crippen LogP contribution in [0.3, 0.4) is 0 Å². The van der Waals surface area contributed by atoms with E-state index < -0.39 is 17.6 Å². The predicted molar refractivity (Wildman–Crippen MR) is 93.5 cm³/mol. The highest BCUT2D eigenvalue weighted by Crippen LogP contribution is 2.33. The largest absolute Gasteiger partial charge is 0.416 e. The van der Waals surface area contributed by atoms with E-state index in [4.69, 9.17) is 0 Å². The van der Waals surface area contributed by atoms with Crippen molar-refractivity contribution in [2.45, 2.75) is 6.18 Å². The number of anilines is 1. The third-order valence-corrected chi connectivity index (χ3v) is 4.06. The van der Waals surface area contributed by atoms with Crippen molar-refractivity contribution in [2.75, 3.05) is 5.32 Å².